The van der Waals surface area contributed by atoms with Crippen LogP contribution < -0.4 is 5.32 Å². The Hall–Kier alpha value is -1.75. The molecular weight excluding hydrogens is 269 g/mol. The molecule has 5 heteroatoms. The van der Waals surface area contributed by atoms with Crippen molar-refractivity contribution in [2.75, 3.05) is 13.1 Å². The first-order chi connectivity index (χ1) is 10.2. The van der Waals surface area contributed by atoms with Gasteiger partial charge in [0.2, 0.25) is 11.7 Å². The Bertz CT molecular complexity index is 605. The average Bonchev–Trinajstić information content (AvgIpc) is 2.98. The maximum atomic E-state index is 13.3. The Morgan fingerprint density at radius 1 is 1.33 bits per heavy atom. The predicted molar refractivity (Wildman–Crippen MR) is 78.3 cm³/mol. The fraction of sp³-hybridized carbons (Fsp3) is 0.500. The molecule has 1 N–H and O–H groups in total. The van der Waals surface area contributed by atoms with Crippen molar-refractivity contribution in [3.8, 4) is 11.4 Å². The molecular formula is C16H20FN3O. The number of aryl methyl sites for hydroxylation is 2. The van der Waals surface area contributed by atoms with Gasteiger partial charge in [-0.3, -0.25) is 0 Å². The van der Waals surface area contributed by atoms with Crippen LogP contribution in [0.25, 0.3) is 11.4 Å². The summed E-state index contributed by atoms with van der Waals surface area (Å²) in [6, 6.07) is 4.87. The number of rotatable bonds is 4. The summed E-state index contributed by atoms with van der Waals surface area (Å²) >= 11 is 0. The van der Waals surface area contributed by atoms with Crippen LogP contribution in [0.4, 0.5) is 4.39 Å². The Morgan fingerprint density at radius 3 is 2.90 bits per heavy atom. The van der Waals surface area contributed by atoms with Crippen molar-refractivity contribution in [3.63, 3.8) is 0 Å². The predicted octanol–water partition coefficient (Wildman–Crippen LogP) is 3.12. The van der Waals surface area contributed by atoms with Crippen molar-refractivity contribution in [1.29, 1.82) is 0 Å². The van der Waals surface area contributed by atoms with Crippen molar-refractivity contribution in [2.24, 2.45) is 5.92 Å². The maximum Gasteiger partial charge on any atom is 0.226 e. The number of piperidine rings is 1. The van der Waals surface area contributed by atoms with E-state index in [1.807, 2.05) is 0 Å². The molecule has 1 aliphatic heterocycles. The molecule has 2 heterocycles. The summed E-state index contributed by atoms with van der Waals surface area (Å²) in [4.78, 5) is 4.42. The van der Waals surface area contributed by atoms with Crippen LogP contribution in [0.1, 0.15) is 30.7 Å². The Kier molecular flexibility index (Phi) is 4.29. The third-order valence-corrected chi connectivity index (χ3v) is 4.11. The summed E-state index contributed by atoms with van der Waals surface area (Å²) < 4.78 is 18.6. The maximum absolute atomic E-state index is 13.3. The first-order valence-corrected chi connectivity index (χ1v) is 7.52. The number of halogens is 1. The summed E-state index contributed by atoms with van der Waals surface area (Å²) in [7, 11) is 0. The van der Waals surface area contributed by atoms with Gasteiger partial charge in [-0.1, -0.05) is 5.16 Å². The Labute approximate surface area is 123 Å². The van der Waals surface area contributed by atoms with E-state index in [2.05, 4.69) is 15.5 Å². The minimum absolute atomic E-state index is 0.214. The summed E-state index contributed by atoms with van der Waals surface area (Å²) in [5.41, 5.74) is 1.39. The van der Waals surface area contributed by atoms with Crippen molar-refractivity contribution in [1.82, 2.24) is 15.5 Å². The number of hydrogen-bond acceptors (Lipinski definition) is 4. The Balaban J connectivity index is 1.63. The third kappa shape index (κ3) is 3.47. The number of nitrogens with one attached hydrogen (secondary N) is 1. The van der Waals surface area contributed by atoms with Crippen LogP contribution in [0, 0.1) is 18.7 Å². The molecule has 112 valence electrons. The van der Waals surface area contributed by atoms with E-state index in [0.717, 1.165) is 37.4 Å². The van der Waals surface area contributed by atoms with Gasteiger partial charge in [0.05, 0.1) is 0 Å². The summed E-state index contributed by atoms with van der Waals surface area (Å²) in [6.07, 6.45) is 4.35. The molecule has 0 saturated carbocycles. The molecule has 2 aromatic rings. The lowest BCUT2D eigenvalue weighted by Crippen LogP contribution is -2.27. The van der Waals surface area contributed by atoms with Crippen LogP contribution >= 0.6 is 0 Å². The molecule has 0 bridgehead atoms. The molecule has 0 unspecified atom stereocenters. The molecule has 0 atom stereocenters. The van der Waals surface area contributed by atoms with Crippen LogP contribution in [0.5, 0.6) is 0 Å². The van der Waals surface area contributed by atoms with Crippen molar-refractivity contribution >= 4 is 0 Å². The zero-order valence-corrected chi connectivity index (χ0v) is 12.2. The highest BCUT2D eigenvalue weighted by molar-refractivity contribution is 5.55. The summed E-state index contributed by atoms with van der Waals surface area (Å²) in [5, 5.41) is 7.37. The van der Waals surface area contributed by atoms with Gasteiger partial charge in [-0.05, 0) is 69.0 Å². The van der Waals surface area contributed by atoms with Gasteiger partial charge in [-0.2, -0.15) is 4.98 Å². The van der Waals surface area contributed by atoms with Crippen LogP contribution in [0.3, 0.4) is 0 Å². The molecule has 0 spiro atoms. The second kappa shape index (κ2) is 6.35. The number of aromatic nitrogens is 2. The smallest absolute Gasteiger partial charge is 0.226 e. The molecule has 1 aromatic heterocycles. The lowest BCUT2D eigenvalue weighted by atomic mass is 9.93. The standard InChI is InChI=1S/C16H20FN3O/c1-11-10-13(3-4-14(11)17)16-19-15(21-20-16)5-2-12-6-8-18-9-7-12/h3-4,10,12,18H,2,5-9H2,1H3. The molecule has 0 radical (unpaired) electrons. The van der Waals surface area contributed by atoms with E-state index >= 15 is 0 Å². The van der Waals surface area contributed by atoms with Crippen LogP contribution in [-0.4, -0.2) is 23.2 Å². The molecule has 1 aromatic carbocycles. The number of benzene rings is 1. The number of nitrogens with zero attached hydrogens (tertiary/aromatic N) is 2. The summed E-state index contributed by atoms with van der Waals surface area (Å²) in [5.74, 6) is 1.74. The van der Waals surface area contributed by atoms with Gasteiger partial charge in [0.15, 0.2) is 0 Å². The second-order valence-electron chi connectivity index (χ2n) is 5.71. The topological polar surface area (TPSA) is 51.0 Å². The second-order valence-corrected chi connectivity index (χ2v) is 5.71. The van der Waals surface area contributed by atoms with E-state index in [0.29, 0.717) is 17.3 Å². The molecule has 0 amide bonds. The van der Waals surface area contributed by atoms with Gasteiger partial charge in [0, 0.05) is 12.0 Å². The Morgan fingerprint density at radius 2 is 2.14 bits per heavy atom. The zero-order valence-electron chi connectivity index (χ0n) is 12.2. The van der Waals surface area contributed by atoms with Gasteiger partial charge < -0.3 is 9.84 Å². The number of hydrogen-bond donors (Lipinski definition) is 1. The van der Waals surface area contributed by atoms with Crippen molar-refractivity contribution in [2.45, 2.75) is 32.6 Å². The molecule has 1 aliphatic rings. The third-order valence-electron chi connectivity index (χ3n) is 4.11. The lowest BCUT2D eigenvalue weighted by Gasteiger charge is -2.21. The SMILES string of the molecule is Cc1cc(-c2noc(CCC3CCNCC3)n2)ccc1F. The average molecular weight is 289 g/mol. The zero-order chi connectivity index (χ0) is 14.7. The fourth-order valence-corrected chi connectivity index (χ4v) is 2.76. The molecule has 1 saturated heterocycles. The largest absolute Gasteiger partial charge is 0.339 e. The van der Waals surface area contributed by atoms with E-state index in [1.165, 1.54) is 18.9 Å². The summed E-state index contributed by atoms with van der Waals surface area (Å²) in [6.45, 7) is 3.94. The lowest BCUT2D eigenvalue weighted by molar-refractivity contribution is 0.324. The van der Waals surface area contributed by atoms with E-state index in [1.54, 1.807) is 19.1 Å². The van der Waals surface area contributed by atoms with Crippen molar-refractivity contribution < 1.29 is 8.91 Å². The van der Waals surface area contributed by atoms with E-state index < -0.39 is 0 Å². The highest BCUT2D eigenvalue weighted by atomic mass is 19.1. The van der Waals surface area contributed by atoms with Crippen LogP contribution in [0.15, 0.2) is 22.7 Å². The van der Waals surface area contributed by atoms with Gasteiger partial charge in [0.1, 0.15) is 5.82 Å². The minimum Gasteiger partial charge on any atom is -0.339 e. The molecule has 21 heavy (non-hydrogen) atoms. The highest BCUT2D eigenvalue weighted by Gasteiger charge is 2.15. The minimum atomic E-state index is -0.214. The highest BCUT2D eigenvalue weighted by Crippen LogP contribution is 2.21. The van der Waals surface area contributed by atoms with E-state index in [9.17, 15) is 4.39 Å². The normalized spacial score (nSPS) is 16.3. The molecule has 3 rings (SSSR count). The van der Waals surface area contributed by atoms with Crippen LogP contribution in [0.2, 0.25) is 0 Å². The van der Waals surface area contributed by atoms with Crippen LogP contribution in [-0.2, 0) is 6.42 Å². The van der Waals surface area contributed by atoms with E-state index in [4.69, 9.17) is 4.52 Å². The quantitative estimate of drug-likeness (QED) is 0.939. The fourth-order valence-electron chi connectivity index (χ4n) is 2.76. The molecule has 1 fully saturated rings. The molecule has 0 aliphatic carbocycles. The van der Waals surface area contributed by atoms with Crippen molar-refractivity contribution in [3.05, 3.63) is 35.5 Å². The van der Waals surface area contributed by atoms with Gasteiger partial charge in [-0.15, -0.1) is 0 Å². The first kappa shape index (κ1) is 14.2. The van der Waals surface area contributed by atoms with Gasteiger partial charge >= 0.3 is 0 Å². The molecule has 4 nitrogen and oxygen atoms in total. The van der Waals surface area contributed by atoms with Gasteiger partial charge in [-0.25, -0.2) is 4.39 Å². The van der Waals surface area contributed by atoms with Gasteiger partial charge in [0.25, 0.3) is 0 Å². The monoisotopic (exact) mass is 289 g/mol. The van der Waals surface area contributed by atoms with E-state index in [-0.39, 0.29) is 5.82 Å². The first-order valence-electron chi connectivity index (χ1n) is 7.52.